The molecule has 1 atom stereocenters. The van der Waals surface area contributed by atoms with Gasteiger partial charge in [0.1, 0.15) is 0 Å². The van der Waals surface area contributed by atoms with E-state index in [0.717, 1.165) is 25.7 Å². The van der Waals surface area contributed by atoms with E-state index in [1.54, 1.807) is 0 Å². The van der Waals surface area contributed by atoms with E-state index in [-0.39, 0.29) is 30.2 Å². The van der Waals surface area contributed by atoms with Gasteiger partial charge >= 0.3 is 0 Å². The number of rotatable bonds is 4. The first-order valence-electron chi connectivity index (χ1n) is 9.90. The Hall–Kier alpha value is -2.62. The van der Waals surface area contributed by atoms with Gasteiger partial charge in [0.25, 0.3) is 0 Å². The summed E-state index contributed by atoms with van der Waals surface area (Å²) in [6.45, 7) is 1.36. The number of hydrogen-bond acceptors (Lipinski definition) is 2. The predicted octanol–water partition coefficient (Wildman–Crippen LogP) is 3.47. The van der Waals surface area contributed by atoms with Crippen LogP contribution in [0.2, 0.25) is 0 Å². The number of carbonyl (C=O) groups excluding carboxylic acids is 2. The molecule has 0 aromatic heterocycles. The van der Waals surface area contributed by atoms with Crippen LogP contribution in [0, 0.1) is 5.92 Å². The summed E-state index contributed by atoms with van der Waals surface area (Å²) in [5.41, 5.74) is 3.70. The third-order valence-electron chi connectivity index (χ3n) is 5.89. The standard InChI is InChI=1S/C23H26N2O2/c26-22(14-24-23(27)18-10-4-5-11-18)25-15-19-12-6-7-13-20(19)21(16-25)17-8-2-1-3-9-17/h1-3,6-9,12-13,18,21H,4-5,10-11,14-16H2,(H,24,27)/t21-/m1/s1. The third kappa shape index (κ3) is 3.90. The maximum atomic E-state index is 12.8. The Balaban J connectivity index is 1.47. The van der Waals surface area contributed by atoms with E-state index in [1.807, 2.05) is 29.2 Å². The number of nitrogens with zero attached hydrogens (tertiary/aromatic N) is 1. The number of amides is 2. The van der Waals surface area contributed by atoms with E-state index >= 15 is 0 Å². The molecule has 0 spiro atoms. The summed E-state index contributed by atoms with van der Waals surface area (Å²) in [6.07, 6.45) is 4.14. The molecule has 2 aromatic carbocycles. The van der Waals surface area contributed by atoms with Gasteiger partial charge in [0, 0.05) is 24.9 Å². The lowest BCUT2D eigenvalue weighted by atomic mass is 9.84. The zero-order valence-corrected chi connectivity index (χ0v) is 15.6. The maximum absolute atomic E-state index is 12.8. The van der Waals surface area contributed by atoms with Crippen molar-refractivity contribution in [1.82, 2.24) is 10.2 Å². The SMILES string of the molecule is O=C(NCC(=O)N1Cc2ccccc2[C@@H](c2ccccc2)C1)C1CCCC1. The molecule has 0 unspecified atom stereocenters. The highest BCUT2D eigenvalue weighted by Crippen LogP contribution is 2.33. The van der Waals surface area contributed by atoms with Gasteiger partial charge in [0.05, 0.1) is 6.54 Å². The van der Waals surface area contributed by atoms with Crippen molar-refractivity contribution in [2.24, 2.45) is 5.92 Å². The number of benzene rings is 2. The van der Waals surface area contributed by atoms with Crippen molar-refractivity contribution in [2.45, 2.75) is 38.1 Å². The number of nitrogens with one attached hydrogen (secondary N) is 1. The monoisotopic (exact) mass is 362 g/mol. The molecule has 1 aliphatic heterocycles. The zero-order chi connectivity index (χ0) is 18.6. The number of fused-ring (bicyclic) bond motifs is 1. The molecule has 1 aliphatic carbocycles. The first-order valence-corrected chi connectivity index (χ1v) is 9.90. The Kier molecular flexibility index (Phi) is 5.23. The van der Waals surface area contributed by atoms with E-state index in [1.165, 1.54) is 16.7 Å². The van der Waals surface area contributed by atoms with Gasteiger partial charge in [-0.05, 0) is 29.5 Å². The minimum absolute atomic E-state index is 0.00298. The summed E-state index contributed by atoms with van der Waals surface area (Å²) in [6, 6.07) is 18.7. The molecule has 4 rings (SSSR count). The lowest BCUT2D eigenvalue weighted by Crippen LogP contribution is -2.44. The van der Waals surface area contributed by atoms with Gasteiger partial charge in [0.2, 0.25) is 11.8 Å². The summed E-state index contributed by atoms with van der Waals surface area (Å²) in [5, 5.41) is 2.87. The second-order valence-corrected chi connectivity index (χ2v) is 7.64. The third-order valence-corrected chi connectivity index (χ3v) is 5.89. The number of hydrogen-bond donors (Lipinski definition) is 1. The Morgan fingerprint density at radius 1 is 0.963 bits per heavy atom. The molecule has 140 valence electrons. The van der Waals surface area contributed by atoms with Gasteiger partial charge in [0.15, 0.2) is 0 Å². The van der Waals surface area contributed by atoms with Crippen molar-refractivity contribution < 1.29 is 9.59 Å². The lowest BCUT2D eigenvalue weighted by molar-refractivity contribution is -0.134. The highest BCUT2D eigenvalue weighted by Gasteiger charge is 2.29. The van der Waals surface area contributed by atoms with Gasteiger partial charge in [-0.2, -0.15) is 0 Å². The second-order valence-electron chi connectivity index (χ2n) is 7.64. The van der Waals surface area contributed by atoms with E-state index in [4.69, 9.17) is 0 Å². The molecule has 0 saturated heterocycles. The van der Waals surface area contributed by atoms with Gasteiger partial charge in [-0.3, -0.25) is 9.59 Å². The fourth-order valence-electron chi connectivity index (χ4n) is 4.37. The zero-order valence-electron chi connectivity index (χ0n) is 15.6. The molecule has 4 heteroatoms. The Morgan fingerprint density at radius 3 is 2.44 bits per heavy atom. The molecule has 1 saturated carbocycles. The molecule has 4 nitrogen and oxygen atoms in total. The average Bonchev–Trinajstić information content (AvgIpc) is 3.26. The van der Waals surface area contributed by atoms with Crippen LogP contribution in [0.5, 0.6) is 0 Å². The highest BCUT2D eigenvalue weighted by molar-refractivity contribution is 5.86. The van der Waals surface area contributed by atoms with Crippen molar-refractivity contribution in [2.75, 3.05) is 13.1 Å². The lowest BCUT2D eigenvalue weighted by Gasteiger charge is -2.35. The summed E-state index contributed by atoms with van der Waals surface area (Å²) >= 11 is 0. The minimum Gasteiger partial charge on any atom is -0.347 e. The van der Waals surface area contributed by atoms with Gasteiger partial charge in [-0.1, -0.05) is 67.4 Å². The summed E-state index contributed by atoms with van der Waals surface area (Å²) in [5.74, 6) is 0.303. The Bertz CT molecular complexity index is 812. The summed E-state index contributed by atoms with van der Waals surface area (Å²) in [7, 11) is 0. The first-order chi connectivity index (χ1) is 13.2. The molecule has 2 amide bonds. The van der Waals surface area contributed by atoms with Crippen molar-refractivity contribution >= 4 is 11.8 Å². The topological polar surface area (TPSA) is 49.4 Å². The van der Waals surface area contributed by atoms with Crippen LogP contribution < -0.4 is 5.32 Å². The molecule has 1 fully saturated rings. The van der Waals surface area contributed by atoms with Crippen LogP contribution in [0.15, 0.2) is 54.6 Å². The number of carbonyl (C=O) groups is 2. The first kappa shape index (κ1) is 17.8. The van der Waals surface area contributed by atoms with E-state index in [9.17, 15) is 9.59 Å². The van der Waals surface area contributed by atoms with Crippen LogP contribution in [-0.2, 0) is 16.1 Å². The van der Waals surface area contributed by atoms with Crippen molar-refractivity contribution in [3.63, 3.8) is 0 Å². The molecule has 1 heterocycles. The fraction of sp³-hybridized carbons (Fsp3) is 0.391. The molecule has 0 radical (unpaired) electrons. The molecule has 2 aliphatic rings. The Labute approximate surface area is 160 Å². The highest BCUT2D eigenvalue weighted by atomic mass is 16.2. The van der Waals surface area contributed by atoms with Gasteiger partial charge in [-0.15, -0.1) is 0 Å². The van der Waals surface area contributed by atoms with Crippen LogP contribution >= 0.6 is 0 Å². The summed E-state index contributed by atoms with van der Waals surface area (Å²) in [4.78, 5) is 26.9. The quantitative estimate of drug-likeness (QED) is 0.905. The average molecular weight is 362 g/mol. The van der Waals surface area contributed by atoms with Crippen LogP contribution in [0.25, 0.3) is 0 Å². The van der Waals surface area contributed by atoms with Gasteiger partial charge in [-0.25, -0.2) is 0 Å². The van der Waals surface area contributed by atoms with Crippen LogP contribution in [0.1, 0.15) is 48.3 Å². The maximum Gasteiger partial charge on any atom is 0.242 e. The summed E-state index contributed by atoms with van der Waals surface area (Å²) < 4.78 is 0. The van der Waals surface area contributed by atoms with Crippen LogP contribution in [0.3, 0.4) is 0 Å². The predicted molar refractivity (Wildman–Crippen MR) is 105 cm³/mol. The van der Waals surface area contributed by atoms with Crippen LogP contribution in [0.4, 0.5) is 0 Å². The van der Waals surface area contributed by atoms with Crippen molar-refractivity contribution in [3.8, 4) is 0 Å². The normalized spacial score (nSPS) is 19.6. The van der Waals surface area contributed by atoms with E-state index in [2.05, 4.69) is 35.6 Å². The molecule has 2 aromatic rings. The van der Waals surface area contributed by atoms with Crippen LogP contribution in [-0.4, -0.2) is 29.8 Å². The molecule has 1 N–H and O–H groups in total. The fourth-order valence-corrected chi connectivity index (χ4v) is 4.37. The smallest absolute Gasteiger partial charge is 0.242 e. The largest absolute Gasteiger partial charge is 0.347 e. The molecule has 27 heavy (non-hydrogen) atoms. The van der Waals surface area contributed by atoms with Crippen molar-refractivity contribution in [1.29, 1.82) is 0 Å². The molecular weight excluding hydrogens is 336 g/mol. The minimum atomic E-state index is -0.00298. The van der Waals surface area contributed by atoms with E-state index in [0.29, 0.717) is 13.1 Å². The van der Waals surface area contributed by atoms with Gasteiger partial charge < -0.3 is 10.2 Å². The Morgan fingerprint density at radius 2 is 1.67 bits per heavy atom. The second kappa shape index (κ2) is 7.95. The molecule has 0 bridgehead atoms. The van der Waals surface area contributed by atoms with Crippen molar-refractivity contribution in [3.05, 3.63) is 71.3 Å². The molecular formula is C23H26N2O2. The van der Waals surface area contributed by atoms with E-state index < -0.39 is 0 Å².